The fourth-order valence-electron chi connectivity index (χ4n) is 9.01. The molecule has 4 nitrogen and oxygen atoms in total. The molecule has 0 radical (unpaired) electrons. The van der Waals surface area contributed by atoms with E-state index in [1.165, 1.54) is 89.9 Å². The van der Waals surface area contributed by atoms with Crippen molar-refractivity contribution in [3.63, 3.8) is 0 Å². The third-order valence-electron chi connectivity index (χ3n) is 11.1. The molecule has 0 saturated heterocycles. The van der Waals surface area contributed by atoms with E-state index in [0.29, 0.717) is 25.2 Å². The number of ether oxygens (including phenoxy) is 2. The summed E-state index contributed by atoms with van der Waals surface area (Å²) in [6.45, 7) is 11.2. The zero-order chi connectivity index (χ0) is 37.8. The first-order valence-electron chi connectivity index (χ1n) is 22.1. The summed E-state index contributed by atoms with van der Waals surface area (Å²) < 4.78 is 12.7. The molecule has 2 rings (SSSR count). The van der Waals surface area contributed by atoms with Crippen molar-refractivity contribution in [3.8, 4) is 0 Å². The standard InChI is InChI=1S/C48H82O4/c1-6-8-10-12-14-16-18-20-22-24-26-28-30-32-34-36-44(49)51-47(5)39-43-38-46(3,4)41-48(40-43,42-47)52-45(50)37-35-33-31-29-27-25-23-21-19-17-15-13-11-9-7-2/h14-17,20-23,43H,6-13,18-19,24-42H2,1-5H3/b16-14-,17-15-,22-20-,23-21-. The van der Waals surface area contributed by atoms with Gasteiger partial charge in [0.05, 0.1) is 0 Å². The summed E-state index contributed by atoms with van der Waals surface area (Å²) in [7, 11) is 0. The van der Waals surface area contributed by atoms with Crippen LogP contribution in [0.5, 0.6) is 0 Å². The lowest BCUT2D eigenvalue weighted by Gasteiger charge is -2.55. The molecular weight excluding hydrogens is 641 g/mol. The van der Waals surface area contributed by atoms with Crippen molar-refractivity contribution in [2.75, 3.05) is 0 Å². The summed E-state index contributed by atoms with van der Waals surface area (Å²) in [6, 6.07) is 0. The maximum Gasteiger partial charge on any atom is 0.306 e. The van der Waals surface area contributed by atoms with E-state index in [2.05, 4.69) is 83.2 Å². The molecule has 2 aliphatic rings. The van der Waals surface area contributed by atoms with Gasteiger partial charge in [-0.05, 0) is 121 Å². The van der Waals surface area contributed by atoms with E-state index in [-0.39, 0.29) is 17.4 Å². The second-order valence-corrected chi connectivity index (χ2v) is 17.5. The Morgan fingerprint density at radius 2 is 0.923 bits per heavy atom. The average Bonchev–Trinajstić information content (AvgIpc) is 3.06. The van der Waals surface area contributed by atoms with Crippen LogP contribution < -0.4 is 0 Å². The van der Waals surface area contributed by atoms with Crippen LogP contribution in [0.1, 0.15) is 221 Å². The predicted octanol–water partition coefficient (Wildman–Crippen LogP) is 14.8. The van der Waals surface area contributed by atoms with Crippen LogP contribution in [0.2, 0.25) is 0 Å². The highest BCUT2D eigenvalue weighted by Crippen LogP contribution is 2.56. The molecule has 0 aromatic heterocycles. The second-order valence-electron chi connectivity index (χ2n) is 17.5. The van der Waals surface area contributed by atoms with Gasteiger partial charge in [-0.2, -0.15) is 0 Å². The number of hydrogen-bond acceptors (Lipinski definition) is 4. The highest BCUT2D eigenvalue weighted by atomic mass is 16.6. The topological polar surface area (TPSA) is 52.6 Å². The molecule has 2 saturated carbocycles. The number of rotatable bonds is 30. The zero-order valence-electron chi connectivity index (χ0n) is 34.8. The van der Waals surface area contributed by atoms with Gasteiger partial charge in [-0.15, -0.1) is 0 Å². The number of fused-ring (bicyclic) bond motifs is 2. The van der Waals surface area contributed by atoms with Crippen LogP contribution >= 0.6 is 0 Å². The van der Waals surface area contributed by atoms with Gasteiger partial charge in [-0.3, -0.25) is 9.59 Å². The normalized spacial score (nSPS) is 23.0. The SMILES string of the molecule is CCCCC/C=C\C/C=C\CCCCCCCC(=O)OC1(C)CC2CC(C)(C)CC(OC(=O)CCCCCCC/C=C\C/C=C\CCCCC)(C2)C1. The first-order valence-corrected chi connectivity index (χ1v) is 22.1. The van der Waals surface area contributed by atoms with E-state index in [1.807, 2.05) is 0 Å². The Morgan fingerprint density at radius 1 is 0.500 bits per heavy atom. The van der Waals surface area contributed by atoms with Crippen molar-refractivity contribution in [2.24, 2.45) is 11.3 Å². The lowest BCUT2D eigenvalue weighted by atomic mass is 9.56. The van der Waals surface area contributed by atoms with E-state index in [1.54, 1.807) is 0 Å². The van der Waals surface area contributed by atoms with Gasteiger partial charge >= 0.3 is 11.9 Å². The van der Waals surface area contributed by atoms with Crippen LogP contribution in [0, 0.1) is 11.3 Å². The summed E-state index contributed by atoms with van der Waals surface area (Å²) in [5.74, 6) is 0.261. The van der Waals surface area contributed by atoms with E-state index in [0.717, 1.165) is 77.0 Å². The fraction of sp³-hybridized carbons (Fsp3) is 0.792. The molecule has 2 bridgehead atoms. The Kier molecular flexibility index (Phi) is 24.3. The number of allylic oxidation sites excluding steroid dienone is 8. The molecule has 2 fully saturated rings. The van der Waals surface area contributed by atoms with Crippen LogP contribution in [0.3, 0.4) is 0 Å². The van der Waals surface area contributed by atoms with Crippen molar-refractivity contribution in [2.45, 2.75) is 232 Å². The Morgan fingerprint density at radius 3 is 1.40 bits per heavy atom. The molecule has 0 spiro atoms. The molecule has 3 unspecified atom stereocenters. The minimum absolute atomic E-state index is 0.0668. The molecule has 2 aliphatic carbocycles. The summed E-state index contributed by atoms with van der Waals surface area (Å²) in [6.07, 6.45) is 49.5. The van der Waals surface area contributed by atoms with E-state index < -0.39 is 11.2 Å². The van der Waals surface area contributed by atoms with Gasteiger partial charge in [0.15, 0.2) is 0 Å². The first-order chi connectivity index (χ1) is 25.1. The average molecular weight is 723 g/mol. The van der Waals surface area contributed by atoms with Gasteiger partial charge in [0, 0.05) is 19.3 Å². The number of carbonyl (C=O) groups is 2. The molecule has 0 amide bonds. The van der Waals surface area contributed by atoms with Crippen LogP contribution in [0.15, 0.2) is 48.6 Å². The third-order valence-corrected chi connectivity index (χ3v) is 11.1. The molecule has 52 heavy (non-hydrogen) atoms. The predicted molar refractivity (Wildman–Crippen MR) is 222 cm³/mol. The molecule has 0 aliphatic heterocycles. The Balaban J connectivity index is 1.63. The van der Waals surface area contributed by atoms with Crippen LogP contribution in [-0.4, -0.2) is 23.1 Å². The minimum atomic E-state index is -0.562. The molecular formula is C48H82O4. The number of hydrogen-bond donors (Lipinski definition) is 0. The summed E-state index contributed by atoms with van der Waals surface area (Å²) in [5.41, 5.74) is -0.963. The maximum atomic E-state index is 13.2. The molecule has 3 atom stereocenters. The number of esters is 2. The summed E-state index contributed by atoms with van der Waals surface area (Å²) >= 11 is 0. The third kappa shape index (κ3) is 22.2. The van der Waals surface area contributed by atoms with Crippen molar-refractivity contribution < 1.29 is 19.1 Å². The van der Waals surface area contributed by atoms with Crippen molar-refractivity contribution >= 4 is 11.9 Å². The van der Waals surface area contributed by atoms with Crippen LogP contribution in [0.25, 0.3) is 0 Å². The largest absolute Gasteiger partial charge is 0.459 e. The quantitative estimate of drug-likeness (QED) is 0.0421. The zero-order valence-corrected chi connectivity index (χ0v) is 34.8. The van der Waals surface area contributed by atoms with Crippen molar-refractivity contribution in [1.29, 1.82) is 0 Å². The van der Waals surface area contributed by atoms with E-state index in [4.69, 9.17) is 9.47 Å². The first kappa shape index (κ1) is 46.1. The molecule has 0 aromatic carbocycles. The van der Waals surface area contributed by atoms with Gasteiger partial charge in [0.1, 0.15) is 11.2 Å². The van der Waals surface area contributed by atoms with Gasteiger partial charge in [0.25, 0.3) is 0 Å². The number of unbranched alkanes of at least 4 members (excludes halogenated alkanes) is 16. The van der Waals surface area contributed by atoms with Crippen LogP contribution in [-0.2, 0) is 19.1 Å². The monoisotopic (exact) mass is 723 g/mol. The summed E-state index contributed by atoms with van der Waals surface area (Å²) in [5, 5.41) is 0. The van der Waals surface area contributed by atoms with Gasteiger partial charge in [-0.1, -0.05) is 141 Å². The maximum absolute atomic E-state index is 13.2. The van der Waals surface area contributed by atoms with E-state index in [9.17, 15) is 9.59 Å². The van der Waals surface area contributed by atoms with Crippen molar-refractivity contribution in [1.82, 2.24) is 0 Å². The Labute approximate surface area is 322 Å². The lowest BCUT2D eigenvalue weighted by Crippen LogP contribution is -2.56. The minimum Gasteiger partial charge on any atom is -0.459 e. The fourth-order valence-corrected chi connectivity index (χ4v) is 9.01. The highest BCUT2D eigenvalue weighted by Gasteiger charge is 2.56. The molecule has 0 N–H and O–H groups in total. The summed E-state index contributed by atoms with van der Waals surface area (Å²) in [4.78, 5) is 26.2. The Hall–Kier alpha value is -2.10. The smallest absolute Gasteiger partial charge is 0.306 e. The van der Waals surface area contributed by atoms with E-state index >= 15 is 0 Å². The molecule has 0 aromatic rings. The van der Waals surface area contributed by atoms with Crippen LogP contribution in [0.4, 0.5) is 0 Å². The molecule has 298 valence electrons. The van der Waals surface area contributed by atoms with Gasteiger partial charge < -0.3 is 9.47 Å². The lowest BCUT2D eigenvalue weighted by molar-refractivity contribution is -0.207. The van der Waals surface area contributed by atoms with Gasteiger partial charge in [-0.25, -0.2) is 0 Å². The number of carbonyl (C=O) groups excluding carboxylic acids is 2. The van der Waals surface area contributed by atoms with Gasteiger partial charge in [0.2, 0.25) is 0 Å². The van der Waals surface area contributed by atoms with Crippen molar-refractivity contribution in [3.05, 3.63) is 48.6 Å². The second kappa shape index (κ2) is 27.5. The Bertz CT molecular complexity index is 1060. The molecule has 0 heterocycles. The highest BCUT2D eigenvalue weighted by molar-refractivity contribution is 5.70. The molecule has 4 heteroatoms.